The van der Waals surface area contributed by atoms with Crippen LogP contribution in [0, 0.1) is 0 Å². The Morgan fingerprint density at radius 2 is 2.10 bits per heavy atom. The van der Waals surface area contributed by atoms with Crippen LogP contribution >= 0.6 is 0 Å². The lowest BCUT2D eigenvalue weighted by Gasteiger charge is -2.32. The molecule has 1 aromatic heterocycles. The van der Waals surface area contributed by atoms with Crippen LogP contribution < -0.4 is 5.32 Å². The molecule has 0 saturated carbocycles. The molecular formula is C17H28N4. The van der Waals surface area contributed by atoms with E-state index < -0.39 is 0 Å². The normalized spacial score (nSPS) is 24.3. The molecule has 2 aliphatic rings. The van der Waals surface area contributed by atoms with Crippen molar-refractivity contribution in [3.05, 3.63) is 23.9 Å². The van der Waals surface area contributed by atoms with Crippen LogP contribution in [0.25, 0.3) is 0 Å². The summed E-state index contributed by atoms with van der Waals surface area (Å²) in [4.78, 5) is 9.68. The molecule has 4 nitrogen and oxygen atoms in total. The van der Waals surface area contributed by atoms with Gasteiger partial charge in [-0.3, -0.25) is 9.80 Å². The van der Waals surface area contributed by atoms with E-state index in [0.717, 1.165) is 24.9 Å². The van der Waals surface area contributed by atoms with E-state index in [0.29, 0.717) is 0 Å². The van der Waals surface area contributed by atoms with E-state index in [-0.39, 0.29) is 0 Å². The van der Waals surface area contributed by atoms with E-state index in [1.807, 2.05) is 6.20 Å². The van der Waals surface area contributed by atoms with Crippen molar-refractivity contribution in [3.63, 3.8) is 0 Å². The second kappa shape index (κ2) is 7.23. The molecule has 1 atom stereocenters. The fraction of sp³-hybridized carbons (Fsp3) is 0.706. The van der Waals surface area contributed by atoms with Gasteiger partial charge in [-0.25, -0.2) is 4.98 Å². The first kappa shape index (κ1) is 14.8. The van der Waals surface area contributed by atoms with Gasteiger partial charge in [0.05, 0.1) is 0 Å². The van der Waals surface area contributed by atoms with Gasteiger partial charge in [-0.05, 0) is 57.0 Å². The lowest BCUT2D eigenvalue weighted by molar-refractivity contribution is 0.161. The molecule has 116 valence electrons. The average molecular weight is 288 g/mol. The van der Waals surface area contributed by atoms with E-state index in [4.69, 9.17) is 0 Å². The van der Waals surface area contributed by atoms with Gasteiger partial charge in [-0.2, -0.15) is 0 Å². The van der Waals surface area contributed by atoms with Crippen molar-refractivity contribution in [1.29, 1.82) is 0 Å². The first-order valence-corrected chi connectivity index (χ1v) is 8.50. The Balaban J connectivity index is 1.53. The Bertz CT molecular complexity index is 442. The van der Waals surface area contributed by atoms with Crippen LogP contribution in [-0.4, -0.2) is 53.5 Å². The van der Waals surface area contributed by atoms with Crippen molar-refractivity contribution < 1.29 is 0 Å². The molecule has 2 saturated heterocycles. The van der Waals surface area contributed by atoms with Crippen molar-refractivity contribution >= 4 is 5.82 Å². The van der Waals surface area contributed by atoms with Gasteiger partial charge in [0.1, 0.15) is 5.82 Å². The number of nitrogens with one attached hydrogen (secondary N) is 1. The Morgan fingerprint density at radius 1 is 1.24 bits per heavy atom. The fourth-order valence-electron chi connectivity index (χ4n) is 3.65. The summed E-state index contributed by atoms with van der Waals surface area (Å²) < 4.78 is 0. The van der Waals surface area contributed by atoms with Crippen LogP contribution in [0.15, 0.2) is 18.3 Å². The molecule has 0 aliphatic carbocycles. The molecule has 0 aromatic carbocycles. The van der Waals surface area contributed by atoms with E-state index in [2.05, 4.69) is 39.2 Å². The van der Waals surface area contributed by atoms with Crippen molar-refractivity contribution in [2.24, 2.45) is 0 Å². The Kier molecular flexibility index (Phi) is 5.09. The highest BCUT2D eigenvalue weighted by molar-refractivity contribution is 5.37. The molecule has 4 heteroatoms. The number of piperidine rings is 1. The van der Waals surface area contributed by atoms with Gasteiger partial charge in [0.15, 0.2) is 0 Å². The van der Waals surface area contributed by atoms with Crippen LogP contribution in [0.2, 0.25) is 0 Å². The summed E-state index contributed by atoms with van der Waals surface area (Å²) >= 11 is 0. The summed E-state index contributed by atoms with van der Waals surface area (Å²) in [5, 5.41) is 3.30. The summed E-state index contributed by atoms with van der Waals surface area (Å²) in [5.41, 5.74) is 1.38. The minimum Gasteiger partial charge on any atom is -0.370 e. The van der Waals surface area contributed by atoms with Gasteiger partial charge < -0.3 is 5.32 Å². The Morgan fingerprint density at radius 3 is 2.90 bits per heavy atom. The quantitative estimate of drug-likeness (QED) is 0.902. The number of hydrogen-bond donors (Lipinski definition) is 1. The van der Waals surface area contributed by atoms with Gasteiger partial charge in [-0.1, -0.05) is 6.42 Å². The van der Waals surface area contributed by atoms with Gasteiger partial charge in [0.25, 0.3) is 0 Å². The molecule has 3 heterocycles. The zero-order valence-corrected chi connectivity index (χ0v) is 13.2. The molecule has 0 bridgehead atoms. The molecule has 1 unspecified atom stereocenters. The summed E-state index contributed by atoms with van der Waals surface area (Å²) in [5.74, 6) is 1.00. The van der Waals surface area contributed by atoms with Crippen molar-refractivity contribution in [2.75, 3.05) is 38.0 Å². The van der Waals surface area contributed by atoms with E-state index >= 15 is 0 Å². The van der Waals surface area contributed by atoms with E-state index in [9.17, 15) is 0 Å². The van der Waals surface area contributed by atoms with Crippen molar-refractivity contribution in [1.82, 2.24) is 14.8 Å². The van der Waals surface area contributed by atoms with E-state index in [1.165, 1.54) is 57.4 Å². The summed E-state index contributed by atoms with van der Waals surface area (Å²) in [6.07, 6.45) is 7.48. The molecule has 1 aromatic rings. The number of hydrogen-bond acceptors (Lipinski definition) is 4. The number of nitrogens with zero attached hydrogens (tertiary/aromatic N) is 3. The smallest absolute Gasteiger partial charge is 0.126 e. The van der Waals surface area contributed by atoms with Gasteiger partial charge >= 0.3 is 0 Å². The molecule has 1 N–H and O–H groups in total. The maximum absolute atomic E-state index is 4.35. The molecule has 2 aliphatic heterocycles. The predicted octanol–water partition coefficient (Wildman–Crippen LogP) is 2.57. The van der Waals surface area contributed by atoms with Gasteiger partial charge in [0, 0.05) is 38.4 Å². The number of anilines is 1. The number of rotatable bonds is 5. The number of likely N-dealkylation sites (tertiary alicyclic amines) is 2. The van der Waals surface area contributed by atoms with Crippen LogP contribution in [-0.2, 0) is 6.54 Å². The molecule has 3 rings (SSSR count). The number of aromatic nitrogens is 1. The molecule has 0 amide bonds. The first-order chi connectivity index (χ1) is 10.3. The second-order valence-electron chi connectivity index (χ2n) is 6.35. The molecular weight excluding hydrogens is 260 g/mol. The molecule has 21 heavy (non-hydrogen) atoms. The lowest BCUT2D eigenvalue weighted by atomic mass is 10.1. The minimum atomic E-state index is 0.792. The zero-order chi connectivity index (χ0) is 14.5. The van der Waals surface area contributed by atoms with Crippen LogP contribution in [0.3, 0.4) is 0 Å². The Labute approximate surface area is 128 Å². The molecule has 2 fully saturated rings. The summed E-state index contributed by atoms with van der Waals surface area (Å²) in [6.45, 7) is 9.20. The first-order valence-electron chi connectivity index (χ1n) is 8.50. The third-order valence-corrected chi connectivity index (χ3v) is 4.74. The van der Waals surface area contributed by atoms with Gasteiger partial charge in [-0.15, -0.1) is 0 Å². The summed E-state index contributed by atoms with van der Waals surface area (Å²) in [6, 6.07) is 5.13. The fourth-order valence-corrected chi connectivity index (χ4v) is 3.65. The Hall–Kier alpha value is -1.13. The molecule has 0 radical (unpaired) electrons. The van der Waals surface area contributed by atoms with Crippen LogP contribution in [0.5, 0.6) is 0 Å². The average Bonchev–Trinajstić information content (AvgIpc) is 2.97. The third-order valence-electron chi connectivity index (χ3n) is 4.74. The second-order valence-corrected chi connectivity index (χ2v) is 6.35. The van der Waals surface area contributed by atoms with Gasteiger partial charge in [0.2, 0.25) is 0 Å². The highest BCUT2D eigenvalue weighted by Crippen LogP contribution is 2.21. The van der Waals surface area contributed by atoms with Crippen molar-refractivity contribution in [3.8, 4) is 0 Å². The summed E-state index contributed by atoms with van der Waals surface area (Å²) in [7, 11) is 0. The maximum Gasteiger partial charge on any atom is 0.126 e. The monoisotopic (exact) mass is 288 g/mol. The number of pyridine rings is 1. The SMILES string of the molecule is CCNc1cc(CN2CCC(N3CCCCC3)C2)ccn1. The predicted molar refractivity (Wildman–Crippen MR) is 87.5 cm³/mol. The minimum absolute atomic E-state index is 0.792. The van der Waals surface area contributed by atoms with E-state index in [1.54, 1.807) is 0 Å². The van der Waals surface area contributed by atoms with Crippen molar-refractivity contribution in [2.45, 2.75) is 45.2 Å². The largest absolute Gasteiger partial charge is 0.370 e. The van der Waals surface area contributed by atoms with Crippen LogP contribution in [0.1, 0.15) is 38.2 Å². The zero-order valence-electron chi connectivity index (χ0n) is 13.2. The third kappa shape index (κ3) is 3.95. The van der Waals surface area contributed by atoms with Crippen LogP contribution in [0.4, 0.5) is 5.82 Å². The lowest BCUT2D eigenvalue weighted by Crippen LogP contribution is -2.40. The molecule has 0 spiro atoms. The maximum atomic E-state index is 4.35. The topological polar surface area (TPSA) is 31.4 Å². The highest BCUT2D eigenvalue weighted by atomic mass is 15.3. The highest BCUT2D eigenvalue weighted by Gasteiger charge is 2.28. The standard InChI is InChI=1S/C17H28N4/c1-2-18-17-12-15(6-8-19-17)13-20-11-7-16(14-20)21-9-4-3-5-10-21/h6,8,12,16H,2-5,7,9-11,13-14H2,1H3,(H,18,19).